The third-order valence-corrected chi connectivity index (χ3v) is 3.13. The molecule has 84 valence electrons. The summed E-state index contributed by atoms with van der Waals surface area (Å²) in [5.74, 6) is 0. The molecule has 2 rings (SSSR count). The van der Waals surface area contributed by atoms with Crippen molar-refractivity contribution in [3.05, 3.63) is 12.4 Å². The van der Waals surface area contributed by atoms with E-state index in [4.69, 9.17) is 0 Å². The first-order chi connectivity index (χ1) is 7.25. The van der Waals surface area contributed by atoms with Crippen LogP contribution in [0.25, 0.3) is 0 Å². The Hall–Kier alpha value is -1.03. The van der Waals surface area contributed by atoms with Crippen molar-refractivity contribution >= 4 is 5.69 Å². The Kier molecular flexibility index (Phi) is 3.26. The van der Waals surface area contributed by atoms with Gasteiger partial charge in [-0.2, -0.15) is 5.10 Å². The number of aromatic nitrogens is 2. The van der Waals surface area contributed by atoms with Gasteiger partial charge in [0.2, 0.25) is 0 Å². The van der Waals surface area contributed by atoms with Crippen molar-refractivity contribution in [1.82, 2.24) is 15.1 Å². The van der Waals surface area contributed by atoms with Gasteiger partial charge in [-0.15, -0.1) is 0 Å². The highest BCUT2D eigenvalue weighted by molar-refractivity contribution is 5.38. The van der Waals surface area contributed by atoms with Crippen LogP contribution in [-0.2, 0) is 0 Å². The minimum Gasteiger partial charge on any atom is -0.380 e. The summed E-state index contributed by atoms with van der Waals surface area (Å²) in [4.78, 5) is 2.54. The average molecular weight is 208 g/mol. The minimum atomic E-state index is 0.609. The molecule has 1 aromatic heterocycles. The maximum Gasteiger partial charge on any atom is 0.0725 e. The number of hydrogen-bond donors (Lipinski definition) is 2. The van der Waals surface area contributed by atoms with E-state index in [-0.39, 0.29) is 0 Å². The first kappa shape index (κ1) is 10.5. The summed E-state index contributed by atoms with van der Waals surface area (Å²) in [5, 5.41) is 10.3. The molecule has 2 heterocycles. The number of likely N-dealkylation sites (tertiary alicyclic amines) is 1. The molecule has 0 aliphatic carbocycles. The lowest BCUT2D eigenvalue weighted by Crippen LogP contribution is -2.42. The monoisotopic (exact) mass is 208 g/mol. The van der Waals surface area contributed by atoms with Crippen LogP contribution in [-0.4, -0.2) is 40.3 Å². The third kappa shape index (κ3) is 2.72. The standard InChI is InChI=1S/C11H20N4/c1-9(2)15-5-3-10(4-6-15)14-11-7-12-13-8-11/h7-10,14H,3-6H2,1-2H3,(H,12,13). The van der Waals surface area contributed by atoms with Crippen LogP contribution >= 0.6 is 0 Å². The van der Waals surface area contributed by atoms with Gasteiger partial charge in [0, 0.05) is 31.4 Å². The number of rotatable bonds is 3. The quantitative estimate of drug-likeness (QED) is 0.794. The Bertz CT molecular complexity index is 273. The first-order valence-electron chi connectivity index (χ1n) is 5.75. The van der Waals surface area contributed by atoms with E-state index in [0.717, 1.165) is 5.69 Å². The van der Waals surface area contributed by atoms with Crippen molar-refractivity contribution in [3.63, 3.8) is 0 Å². The van der Waals surface area contributed by atoms with E-state index in [1.54, 1.807) is 0 Å². The predicted octanol–water partition coefficient (Wildman–Crippen LogP) is 1.69. The number of nitrogens with zero attached hydrogens (tertiary/aromatic N) is 2. The molecule has 4 nitrogen and oxygen atoms in total. The van der Waals surface area contributed by atoms with Gasteiger partial charge in [0.1, 0.15) is 0 Å². The maximum atomic E-state index is 3.93. The van der Waals surface area contributed by atoms with Crippen LogP contribution in [0.5, 0.6) is 0 Å². The third-order valence-electron chi connectivity index (χ3n) is 3.13. The first-order valence-corrected chi connectivity index (χ1v) is 5.75. The lowest BCUT2D eigenvalue weighted by atomic mass is 10.0. The fourth-order valence-corrected chi connectivity index (χ4v) is 2.13. The second-order valence-electron chi connectivity index (χ2n) is 4.54. The molecule has 15 heavy (non-hydrogen) atoms. The number of nitrogens with one attached hydrogen (secondary N) is 2. The largest absolute Gasteiger partial charge is 0.380 e. The van der Waals surface area contributed by atoms with Crippen molar-refractivity contribution < 1.29 is 0 Å². The molecule has 1 aliphatic heterocycles. The van der Waals surface area contributed by atoms with E-state index >= 15 is 0 Å². The van der Waals surface area contributed by atoms with Gasteiger partial charge in [0.05, 0.1) is 11.9 Å². The van der Waals surface area contributed by atoms with Crippen LogP contribution in [0, 0.1) is 0 Å². The Morgan fingerprint density at radius 3 is 2.73 bits per heavy atom. The van der Waals surface area contributed by atoms with Gasteiger partial charge in [-0.05, 0) is 26.7 Å². The van der Waals surface area contributed by atoms with Crippen molar-refractivity contribution in [3.8, 4) is 0 Å². The molecule has 0 amide bonds. The maximum absolute atomic E-state index is 3.93. The molecule has 1 aliphatic rings. The van der Waals surface area contributed by atoms with Crippen LogP contribution < -0.4 is 5.32 Å². The molecule has 1 aromatic rings. The van der Waals surface area contributed by atoms with E-state index in [9.17, 15) is 0 Å². The van der Waals surface area contributed by atoms with Crippen LogP contribution in [0.15, 0.2) is 12.4 Å². The number of H-pyrrole nitrogens is 1. The summed E-state index contributed by atoms with van der Waals surface area (Å²) in [6.45, 7) is 6.94. The number of anilines is 1. The summed E-state index contributed by atoms with van der Waals surface area (Å²) in [5.41, 5.74) is 1.11. The van der Waals surface area contributed by atoms with Gasteiger partial charge < -0.3 is 10.2 Å². The Morgan fingerprint density at radius 2 is 2.20 bits per heavy atom. The van der Waals surface area contributed by atoms with E-state index in [0.29, 0.717) is 12.1 Å². The fraction of sp³-hybridized carbons (Fsp3) is 0.727. The second kappa shape index (κ2) is 4.66. The molecule has 0 spiro atoms. The van der Waals surface area contributed by atoms with Gasteiger partial charge in [-0.3, -0.25) is 5.10 Å². The summed E-state index contributed by atoms with van der Waals surface area (Å²) in [6.07, 6.45) is 6.20. The average Bonchev–Trinajstić information content (AvgIpc) is 2.71. The van der Waals surface area contributed by atoms with Crippen LogP contribution in [0.2, 0.25) is 0 Å². The van der Waals surface area contributed by atoms with E-state index < -0.39 is 0 Å². The molecule has 0 saturated carbocycles. The zero-order valence-corrected chi connectivity index (χ0v) is 9.53. The molecule has 0 unspecified atom stereocenters. The molecule has 4 heteroatoms. The topological polar surface area (TPSA) is 44.0 Å². The summed E-state index contributed by atoms with van der Waals surface area (Å²) in [6, 6.07) is 1.29. The Balaban J connectivity index is 1.79. The van der Waals surface area contributed by atoms with E-state index in [1.165, 1.54) is 25.9 Å². The number of piperidine rings is 1. The van der Waals surface area contributed by atoms with E-state index in [1.807, 2.05) is 12.4 Å². The molecule has 0 bridgehead atoms. The molecular formula is C11H20N4. The molecular weight excluding hydrogens is 188 g/mol. The van der Waals surface area contributed by atoms with Gasteiger partial charge in [-0.1, -0.05) is 0 Å². The highest BCUT2D eigenvalue weighted by Gasteiger charge is 2.20. The van der Waals surface area contributed by atoms with Gasteiger partial charge in [-0.25, -0.2) is 0 Å². The second-order valence-corrected chi connectivity index (χ2v) is 4.54. The van der Waals surface area contributed by atoms with Gasteiger partial charge >= 0.3 is 0 Å². The number of hydrogen-bond acceptors (Lipinski definition) is 3. The molecule has 2 N–H and O–H groups in total. The molecule has 1 saturated heterocycles. The normalized spacial score (nSPS) is 19.7. The minimum absolute atomic E-state index is 0.609. The molecule has 0 atom stereocenters. The summed E-state index contributed by atoms with van der Waals surface area (Å²) in [7, 11) is 0. The van der Waals surface area contributed by atoms with Crippen molar-refractivity contribution in [2.75, 3.05) is 18.4 Å². The van der Waals surface area contributed by atoms with Gasteiger partial charge in [0.15, 0.2) is 0 Å². The SMILES string of the molecule is CC(C)N1CCC(Nc2cn[nH]c2)CC1. The zero-order chi connectivity index (χ0) is 10.7. The summed E-state index contributed by atoms with van der Waals surface area (Å²) < 4.78 is 0. The van der Waals surface area contributed by atoms with Crippen molar-refractivity contribution in [2.45, 2.75) is 38.8 Å². The Morgan fingerprint density at radius 1 is 1.47 bits per heavy atom. The molecule has 1 fully saturated rings. The lowest BCUT2D eigenvalue weighted by Gasteiger charge is -2.35. The Labute approximate surface area is 91.1 Å². The predicted molar refractivity (Wildman–Crippen MR) is 61.9 cm³/mol. The zero-order valence-electron chi connectivity index (χ0n) is 9.53. The summed E-state index contributed by atoms with van der Waals surface area (Å²) >= 11 is 0. The fourth-order valence-electron chi connectivity index (χ4n) is 2.13. The van der Waals surface area contributed by atoms with E-state index in [2.05, 4.69) is 34.3 Å². The van der Waals surface area contributed by atoms with Crippen LogP contribution in [0.3, 0.4) is 0 Å². The number of aromatic amines is 1. The smallest absolute Gasteiger partial charge is 0.0725 e. The molecule has 0 radical (unpaired) electrons. The van der Waals surface area contributed by atoms with Crippen molar-refractivity contribution in [1.29, 1.82) is 0 Å². The highest BCUT2D eigenvalue weighted by atomic mass is 15.2. The van der Waals surface area contributed by atoms with Crippen LogP contribution in [0.4, 0.5) is 5.69 Å². The molecule has 0 aromatic carbocycles. The van der Waals surface area contributed by atoms with Crippen molar-refractivity contribution in [2.24, 2.45) is 0 Å². The van der Waals surface area contributed by atoms with Crippen LogP contribution in [0.1, 0.15) is 26.7 Å². The highest BCUT2D eigenvalue weighted by Crippen LogP contribution is 2.16. The lowest BCUT2D eigenvalue weighted by molar-refractivity contribution is 0.177. The van der Waals surface area contributed by atoms with Gasteiger partial charge in [0.25, 0.3) is 0 Å².